The van der Waals surface area contributed by atoms with Gasteiger partial charge in [-0.2, -0.15) is 9.78 Å². The van der Waals surface area contributed by atoms with E-state index in [0.717, 1.165) is 37.0 Å². The fourth-order valence-electron chi connectivity index (χ4n) is 5.80. The van der Waals surface area contributed by atoms with Gasteiger partial charge in [-0.05, 0) is 61.6 Å². The quantitative estimate of drug-likeness (QED) is 0.388. The second-order valence-electron chi connectivity index (χ2n) is 10.4. The van der Waals surface area contributed by atoms with Crippen LogP contribution >= 0.6 is 0 Å². The lowest BCUT2D eigenvalue weighted by Gasteiger charge is -2.34. The van der Waals surface area contributed by atoms with Crippen LogP contribution < -0.4 is 15.6 Å². The molecule has 1 aliphatic heterocycles. The molecule has 2 atom stereocenters. The van der Waals surface area contributed by atoms with E-state index in [1.807, 2.05) is 35.9 Å². The summed E-state index contributed by atoms with van der Waals surface area (Å²) in [5, 5.41) is 9.10. The molecule has 1 amide bonds. The van der Waals surface area contributed by atoms with Gasteiger partial charge in [0, 0.05) is 43.0 Å². The molecule has 0 bridgehead atoms. The minimum absolute atomic E-state index is 0.252. The van der Waals surface area contributed by atoms with Crippen molar-refractivity contribution < 1.29 is 9.53 Å². The number of benzene rings is 2. The first-order valence-electron chi connectivity index (χ1n) is 13.0. The Labute approximate surface area is 216 Å². The standard InChI is InChI=1S/C29H35N5O3/c1-19-16-20(2)18-33(17-19)15-7-14-30-28(35)26-25-23-8-5-6-9-24(23)32(3)27(25)29(36)34(31-26)21-10-12-22(37-4)13-11-21/h5-6,8-13,19-20H,7,14-18H2,1-4H3,(H,30,35)/t19-,20+. The Morgan fingerprint density at radius 2 is 1.78 bits per heavy atom. The first kappa shape index (κ1) is 25.0. The van der Waals surface area contributed by atoms with Gasteiger partial charge >= 0.3 is 0 Å². The van der Waals surface area contributed by atoms with Crippen LogP contribution in [0.2, 0.25) is 0 Å². The number of hydrogen-bond donors (Lipinski definition) is 1. The number of ether oxygens (including phenoxy) is 1. The van der Waals surface area contributed by atoms with Crippen LogP contribution in [0.5, 0.6) is 5.75 Å². The lowest BCUT2D eigenvalue weighted by Crippen LogP contribution is -2.40. The fourth-order valence-corrected chi connectivity index (χ4v) is 5.80. The summed E-state index contributed by atoms with van der Waals surface area (Å²) in [4.78, 5) is 29.7. The van der Waals surface area contributed by atoms with Crippen molar-refractivity contribution in [2.45, 2.75) is 26.7 Å². The van der Waals surface area contributed by atoms with E-state index in [1.54, 1.807) is 31.4 Å². The summed E-state index contributed by atoms with van der Waals surface area (Å²) in [5.74, 6) is 1.82. The maximum atomic E-state index is 13.6. The molecule has 0 saturated carbocycles. The molecule has 8 heteroatoms. The Bertz CT molecular complexity index is 1480. The van der Waals surface area contributed by atoms with Gasteiger partial charge in [0.25, 0.3) is 11.5 Å². The summed E-state index contributed by atoms with van der Waals surface area (Å²) >= 11 is 0. The molecule has 0 unspecified atom stereocenters. The SMILES string of the molecule is COc1ccc(-n2nc(C(=O)NCCCN3C[C@H](C)C[C@H](C)C3)c3c4ccccc4n(C)c3c2=O)cc1. The van der Waals surface area contributed by atoms with Gasteiger partial charge in [-0.1, -0.05) is 32.0 Å². The van der Waals surface area contributed by atoms with E-state index in [1.165, 1.54) is 11.1 Å². The Balaban J connectivity index is 1.47. The number of carbonyl (C=O) groups excluding carboxylic acids is 1. The van der Waals surface area contributed by atoms with Crippen LogP contribution in [0.4, 0.5) is 0 Å². The van der Waals surface area contributed by atoms with E-state index in [-0.39, 0.29) is 17.2 Å². The Hall–Kier alpha value is -3.65. The number of likely N-dealkylation sites (tertiary alicyclic amines) is 1. The number of methoxy groups -OCH3 is 1. The number of hydrogen-bond acceptors (Lipinski definition) is 5. The number of carbonyl (C=O) groups is 1. The average molecular weight is 502 g/mol. The maximum absolute atomic E-state index is 13.6. The molecule has 1 aliphatic rings. The van der Waals surface area contributed by atoms with Crippen molar-refractivity contribution in [2.24, 2.45) is 18.9 Å². The first-order chi connectivity index (χ1) is 17.9. The molecule has 37 heavy (non-hydrogen) atoms. The number of aromatic nitrogens is 3. The van der Waals surface area contributed by atoms with E-state index < -0.39 is 0 Å². The van der Waals surface area contributed by atoms with Crippen molar-refractivity contribution in [1.82, 2.24) is 24.6 Å². The lowest BCUT2D eigenvalue weighted by molar-refractivity contribution is 0.0942. The van der Waals surface area contributed by atoms with Crippen molar-refractivity contribution in [3.05, 3.63) is 64.6 Å². The van der Waals surface area contributed by atoms with Crippen molar-refractivity contribution in [3.63, 3.8) is 0 Å². The molecule has 2 aromatic heterocycles. The van der Waals surface area contributed by atoms with Gasteiger partial charge in [-0.15, -0.1) is 0 Å². The molecule has 1 fully saturated rings. The highest BCUT2D eigenvalue weighted by Gasteiger charge is 2.24. The second-order valence-corrected chi connectivity index (χ2v) is 10.4. The molecular formula is C29H35N5O3. The largest absolute Gasteiger partial charge is 0.497 e. The summed E-state index contributed by atoms with van der Waals surface area (Å²) in [6.45, 7) is 8.35. The lowest BCUT2D eigenvalue weighted by atomic mass is 9.92. The zero-order valence-corrected chi connectivity index (χ0v) is 22.0. The van der Waals surface area contributed by atoms with Crippen LogP contribution in [0.3, 0.4) is 0 Å². The summed E-state index contributed by atoms with van der Waals surface area (Å²) < 4.78 is 8.42. The fraction of sp³-hybridized carbons (Fsp3) is 0.414. The Morgan fingerprint density at radius 1 is 1.08 bits per heavy atom. The molecule has 1 saturated heterocycles. The molecule has 5 rings (SSSR count). The minimum Gasteiger partial charge on any atom is -0.497 e. The van der Waals surface area contributed by atoms with Gasteiger partial charge in [0.1, 0.15) is 11.3 Å². The minimum atomic E-state index is -0.274. The predicted octanol–water partition coefficient (Wildman–Crippen LogP) is 3.98. The van der Waals surface area contributed by atoms with Crippen molar-refractivity contribution in [2.75, 3.05) is 33.3 Å². The molecule has 8 nitrogen and oxygen atoms in total. The Morgan fingerprint density at radius 3 is 2.49 bits per heavy atom. The highest BCUT2D eigenvalue weighted by molar-refractivity contribution is 6.16. The van der Waals surface area contributed by atoms with Crippen LogP contribution in [-0.4, -0.2) is 58.4 Å². The number of fused-ring (bicyclic) bond motifs is 3. The first-order valence-corrected chi connectivity index (χ1v) is 13.0. The monoisotopic (exact) mass is 501 g/mol. The van der Waals surface area contributed by atoms with Gasteiger partial charge in [-0.3, -0.25) is 9.59 Å². The molecule has 4 aromatic rings. The third-order valence-electron chi connectivity index (χ3n) is 7.35. The summed E-state index contributed by atoms with van der Waals surface area (Å²) in [6.07, 6.45) is 2.14. The van der Waals surface area contributed by atoms with E-state index in [9.17, 15) is 9.59 Å². The molecule has 0 aliphatic carbocycles. The topological polar surface area (TPSA) is 81.4 Å². The number of amides is 1. The normalized spacial score (nSPS) is 18.4. The number of para-hydroxylation sites is 1. The maximum Gasteiger partial charge on any atom is 0.296 e. The van der Waals surface area contributed by atoms with Crippen molar-refractivity contribution >= 4 is 27.7 Å². The van der Waals surface area contributed by atoms with Crippen LogP contribution in [-0.2, 0) is 7.05 Å². The zero-order chi connectivity index (χ0) is 26.1. The van der Waals surface area contributed by atoms with Crippen LogP contribution in [0.15, 0.2) is 53.3 Å². The number of piperidine rings is 1. The van der Waals surface area contributed by atoms with Gasteiger partial charge in [-0.25, -0.2) is 0 Å². The highest BCUT2D eigenvalue weighted by Crippen LogP contribution is 2.28. The van der Waals surface area contributed by atoms with E-state index in [0.29, 0.717) is 40.7 Å². The molecular weight excluding hydrogens is 466 g/mol. The number of nitrogens with zero attached hydrogens (tertiary/aromatic N) is 4. The van der Waals surface area contributed by atoms with Gasteiger partial charge in [0.05, 0.1) is 12.8 Å². The van der Waals surface area contributed by atoms with Crippen molar-refractivity contribution in [1.29, 1.82) is 0 Å². The molecule has 1 N–H and O–H groups in total. The smallest absolute Gasteiger partial charge is 0.296 e. The van der Waals surface area contributed by atoms with Gasteiger partial charge in [0.2, 0.25) is 0 Å². The van der Waals surface area contributed by atoms with Crippen molar-refractivity contribution in [3.8, 4) is 11.4 Å². The third-order valence-corrected chi connectivity index (χ3v) is 7.35. The second kappa shape index (κ2) is 10.4. The molecule has 194 valence electrons. The summed E-state index contributed by atoms with van der Waals surface area (Å²) in [7, 11) is 3.45. The zero-order valence-electron chi connectivity index (χ0n) is 22.0. The molecule has 2 aromatic carbocycles. The van der Waals surface area contributed by atoms with Gasteiger partial charge < -0.3 is 19.5 Å². The van der Waals surface area contributed by atoms with E-state index in [2.05, 4.69) is 29.2 Å². The number of nitrogens with one attached hydrogen (secondary N) is 1. The number of aryl methyl sites for hydroxylation is 1. The number of rotatable bonds is 7. The van der Waals surface area contributed by atoms with E-state index in [4.69, 9.17) is 4.74 Å². The predicted molar refractivity (Wildman–Crippen MR) is 147 cm³/mol. The van der Waals surface area contributed by atoms with Crippen LogP contribution in [0.25, 0.3) is 27.5 Å². The van der Waals surface area contributed by atoms with Crippen LogP contribution in [0, 0.1) is 11.8 Å². The molecule has 0 radical (unpaired) electrons. The highest BCUT2D eigenvalue weighted by atomic mass is 16.5. The Kier molecular flexibility index (Phi) is 7.02. The molecule has 0 spiro atoms. The summed E-state index contributed by atoms with van der Waals surface area (Å²) in [6, 6.07) is 14.8. The average Bonchev–Trinajstić information content (AvgIpc) is 3.19. The third kappa shape index (κ3) is 4.85. The van der Waals surface area contributed by atoms with E-state index >= 15 is 0 Å². The van der Waals surface area contributed by atoms with Gasteiger partial charge in [0.15, 0.2) is 5.69 Å². The molecule has 3 heterocycles. The summed E-state index contributed by atoms with van der Waals surface area (Å²) in [5.41, 5.74) is 1.88. The van der Waals surface area contributed by atoms with Crippen LogP contribution in [0.1, 0.15) is 37.2 Å².